The molecule has 0 fully saturated rings. The van der Waals surface area contributed by atoms with Gasteiger partial charge in [0.1, 0.15) is 0 Å². The highest BCUT2D eigenvalue weighted by Crippen LogP contribution is 2.29. The van der Waals surface area contributed by atoms with Crippen molar-refractivity contribution in [1.29, 1.82) is 0 Å². The molecule has 2 N–H and O–H groups in total. The van der Waals surface area contributed by atoms with Crippen LogP contribution in [0.4, 0.5) is 0 Å². The second-order valence-electron chi connectivity index (χ2n) is 5.83. The summed E-state index contributed by atoms with van der Waals surface area (Å²) in [4.78, 5) is 15.7. The quantitative estimate of drug-likeness (QED) is 0.879. The van der Waals surface area contributed by atoms with E-state index in [0.29, 0.717) is 0 Å². The molecule has 3 nitrogen and oxygen atoms in total. The minimum absolute atomic E-state index is 0.0343. The number of hydrogen-bond acceptors (Lipinski definition) is 1. The molecular formula is C17H22N2O. The van der Waals surface area contributed by atoms with Gasteiger partial charge >= 0.3 is 0 Å². The Labute approximate surface area is 119 Å². The van der Waals surface area contributed by atoms with Crippen molar-refractivity contribution in [2.45, 2.75) is 52.0 Å². The average Bonchev–Trinajstić information content (AvgIpc) is 2.84. The number of nitrogens with one attached hydrogen (secondary N) is 2. The maximum absolute atomic E-state index is 12.2. The summed E-state index contributed by atoms with van der Waals surface area (Å²) in [6.45, 7) is 4.12. The molecule has 1 aliphatic carbocycles. The molecule has 3 rings (SSSR count). The summed E-state index contributed by atoms with van der Waals surface area (Å²) in [5, 5.41) is 4.27. The van der Waals surface area contributed by atoms with Crippen molar-refractivity contribution in [3.05, 3.63) is 35.0 Å². The minimum atomic E-state index is 0.0343. The lowest BCUT2D eigenvalue weighted by Gasteiger charge is -2.12. The zero-order chi connectivity index (χ0) is 14.1. The Morgan fingerprint density at radius 1 is 1.35 bits per heavy atom. The van der Waals surface area contributed by atoms with Crippen LogP contribution in [0.3, 0.4) is 0 Å². The van der Waals surface area contributed by atoms with E-state index in [2.05, 4.69) is 17.2 Å². The van der Waals surface area contributed by atoms with Crippen LogP contribution in [0.2, 0.25) is 0 Å². The van der Waals surface area contributed by atoms with E-state index in [9.17, 15) is 4.79 Å². The van der Waals surface area contributed by atoms with Crippen LogP contribution in [0.1, 0.15) is 54.7 Å². The second kappa shape index (κ2) is 5.31. The van der Waals surface area contributed by atoms with Crippen molar-refractivity contribution < 1.29 is 4.79 Å². The molecule has 0 aliphatic heterocycles. The highest BCUT2D eigenvalue weighted by molar-refractivity contribution is 5.99. The number of fused-ring (bicyclic) bond motifs is 3. The summed E-state index contributed by atoms with van der Waals surface area (Å²) in [5.41, 5.74) is 4.72. The van der Waals surface area contributed by atoms with Crippen molar-refractivity contribution in [3.8, 4) is 0 Å². The number of aromatic nitrogens is 1. The van der Waals surface area contributed by atoms with Crippen LogP contribution in [0.25, 0.3) is 10.9 Å². The molecule has 0 spiro atoms. The molecule has 1 heterocycles. The van der Waals surface area contributed by atoms with Crippen molar-refractivity contribution >= 4 is 16.8 Å². The van der Waals surface area contributed by atoms with Crippen molar-refractivity contribution in [3.63, 3.8) is 0 Å². The first kappa shape index (κ1) is 13.2. The molecule has 0 radical (unpaired) electrons. The number of H-pyrrole nitrogens is 1. The number of aromatic amines is 1. The summed E-state index contributed by atoms with van der Waals surface area (Å²) >= 11 is 0. The van der Waals surface area contributed by atoms with E-state index in [1.807, 2.05) is 25.1 Å². The Balaban J connectivity index is 1.95. The zero-order valence-electron chi connectivity index (χ0n) is 12.3. The number of carbonyl (C=O) groups is 1. The maximum Gasteiger partial charge on any atom is 0.251 e. The van der Waals surface area contributed by atoms with Crippen LogP contribution >= 0.6 is 0 Å². The molecule has 1 atom stereocenters. The summed E-state index contributed by atoms with van der Waals surface area (Å²) in [7, 11) is 0. The fraction of sp³-hybridized carbons (Fsp3) is 0.471. The second-order valence-corrected chi connectivity index (χ2v) is 5.83. The molecule has 3 heteroatoms. The van der Waals surface area contributed by atoms with E-state index in [4.69, 9.17) is 0 Å². The SMILES string of the molecule is CC[C@@H](C)NC(=O)c1ccc2[nH]c3c(c2c1)CCCC3. The lowest BCUT2D eigenvalue weighted by molar-refractivity contribution is 0.0939. The third-order valence-electron chi connectivity index (χ3n) is 4.35. The Kier molecular flexibility index (Phi) is 3.51. The fourth-order valence-electron chi connectivity index (χ4n) is 2.96. The van der Waals surface area contributed by atoms with Gasteiger partial charge < -0.3 is 10.3 Å². The van der Waals surface area contributed by atoms with E-state index in [1.54, 1.807) is 0 Å². The normalized spacial score (nSPS) is 15.9. The van der Waals surface area contributed by atoms with Crippen LogP contribution < -0.4 is 5.32 Å². The first-order valence-electron chi connectivity index (χ1n) is 7.63. The number of hydrogen-bond donors (Lipinski definition) is 2. The van der Waals surface area contributed by atoms with Gasteiger partial charge in [-0.05, 0) is 62.8 Å². The average molecular weight is 270 g/mol. The highest BCUT2D eigenvalue weighted by atomic mass is 16.1. The van der Waals surface area contributed by atoms with Crippen LogP contribution in [-0.2, 0) is 12.8 Å². The third kappa shape index (κ3) is 2.33. The Morgan fingerprint density at radius 2 is 2.15 bits per heavy atom. The molecular weight excluding hydrogens is 248 g/mol. The number of rotatable bonds is 3. The van der Waals surface area contributed by atoms with Crippen LogP contribution in [0, 0.1) is 0 Å². The minimum Gasteiger partial charge on any atom is -0.358 e. The van der Waals surface area contributed by atoms with Crippen LogP contribution in [0.5, 0.6) is 0 Å². The Morgan fingerprint density at radius 3 is 2.95 bits per heavy atom. The van der Waals surface area contributed by atoms with E-state index >= 15 is 0 Å². The molecule has 1 aromatic carbocycles. The maximum atomic E-state index is 12.2. The standard InChI is InChI=1S/C17H22N2O/c1-3-11(2)18-17(20)12-8-9-16-14(10-12)13-6-4-5-7-15(13)19-16/h8-11,19H,3-7H2,1-2H3,(H,18,20)/t11-/m1/s1. The summed E-state index contributed by atoms with van der Waals surface area (Å²) in [6, 6.07) is 6.23. The summed E-state index contributed by atoms with van der Waals surface area (Å²) < 4.78 is 0. The Bertz CT molecular complexity index is 642. The smallest absolute Gasteiger partial charge is 0.251 e. The predicted octanol–water partition coefficient (Wildman–Crippen LogP) is 3.58. The molecule has 0 saturated carbocycles. The van der Waals surface area contributed by atoms with Gasteiger partial charge in [0.05, 0.1) is 0 Å². The van der Waals surface area contributed by atoms with Gasteiger partial charge in [-0.1, -0.05) is 6.92 Å². The van der Waals surface area contributed by atoms with Gasteiger partial charge in [-0.3, -0.25) is 4.79 Å². The van der Waals surface area contributed by atoms with Crippen molar-refractivity contribution in [1.82, 2.24) is 10.3 Å². The van der Waals surface area contributed by atoms with E-state index < -0.39 is 0 Å². The van der Waals surface area contributed by atoms with Gasteiger partial charge in [0.2, 0.25) is 0 Å². The largest absolute Gasteiger partial charge is 0.358 e. The van der Waals surface area contributed by atoms with Crippen LogP contribution in [-0.4, -0.2) is 16.9 Å². The predicted molar refractivity (Wildman–Crippen MR) is 82.2 cm³/mol. The fourth-order valence-corrected chi connectivity index (χ4v) is 2.96. The van der Waals surface area contributed by atoms with Crippen LogP contribution in [0.15, 0.2) is 18.2 Å². The molecule has 0 unspecified atom stereocenters. The molecule has 106 valence electrons. The van der Waals surface area contributed by atoms with Gasteiger partial charge in [-0.25, -0.2) is 0 Å². The molecule has 2 aromatic rings. The first-order chi connectivity index (χ1) is 9.69. The van der Waals surface area contributed by atoms with E-state index in [1.165, 1.54) is 29.5 Å². The van der Waals surface area contributed by atoms with E-state index in [0.717, 1.165) is 30.3 Å². The van der Waals surface area contributed by atoms with Gasteiger partial charge in [0.25, 0.3) is 5.91 Å². The van der Waals surface area contributed by atoms with Gasteiger partial charge in [-0.2, -0.15) is 0 Å². The molecule has 0 saturated heterocycles. The molecule has 0 bridgehead atoms. The summed E-state index contributed by atoms with van der Waals surface area (Å²) in [5.74, 6) is 0.0343. The monoisotopic (exact) mass is 270 g/mol. The van der Waals surface area contributed by atoms with Gasteiger partial charge in [0.15, 0.2) is 0 Å². The molecule has 1 aromatic heterocycles. The number of aryl methyl sites for hydroxylation is 2. The number of benzene rings is 1. The first-order valence-corrected chi connectivity index (χ1v) is 7.63. The van der Waals surface area contributed by atoms with Gasteiger partial charge in [0, 0.05) is 28.2 Å². The van der Waals surface area contributed by atoms with Gasteiger partial charge in [-0.15, -0.1) is 0 Å². The lowest BCUT2D eigenvalue weighted by atomic mass is 9.95. The van der Waals surface area contributed by atoms with E-state index in [-0.39, 0.29) is 11.9 Å². The van der Waals surface area contributed by atoms with Crippen molar-refractivity contribution in [2.75, 3.05) is 0 Å². The number of amides is 1. The zero-order valence-corrected chi connectivity index (χ0v) is 12.3. The molecule has 1 aliphatic rings. The van der Waals surface area contributed by atoms with Crippen molar-refractivity contribution in [2.24, 2.45) is 0 Å². The Hall–Kier alpha value is -1.77. The number of carbonyl (C=O) groups excluding carboxylic acids is 1. The topological polar surface area (TPSA) is 44.9 Å². The highest BCUT2D eigenvalue weighted by Gasteiger charge is 2.17. The molecule has 20 heavy (non-hydrogen) atoms. The summed E-state index contributed by atoms with van der Waals surface area (Å²) in [6.07, 6.45) is 5.74. The lowest BCUT2D eigenvalue weighted by Crippen LogP contribution is -2.31. The third-order valence-corrected chi connectivity index (χ3v) is 4.35. The molecule has 1 amide bonds.